The molecule has 14 heteroatoms. The summed E-state index contributed by atoms with van der Waals surface area (Å²) in [5, 5.41) is 5.82. The summed E-state index contributed by atoms with van der Waals surface area (Å²) >= 11 is 0. The van der Waals surface area contributed by atoms with Crippen LogP contribution in [0.2, 0.25) is 0 Å². The molecule has 0 saturated carbocycles. The van der Waals surface area contributed by atoms with Gasteiger partial charge in [0, 0.05) is 6.20 Å². The highest BCUT2D eigenvalue weighted by Crippen LogP contribution is 2.34. The second-order valence-electron chi connectivity index (χ2n) is 7.63. The summed E-state index contributed by atoms with van der Waals surface area (Å²) < 4.78 is 62.0. The highest BCUT2D eigenvalue weighted by molar-refractivity contribution is 5.88. The molecule has 0 spiro atoms. The van der Waals surface area contributed by atoms with Crippen molar-refractivity contribution in [1.82, 2.24) is 23.9 Å². The van der Waals surface area contributed by atoms with Crippen LogP contribution in [-0.2, 0) is 17.5 Å². The zero-order valence-corrected chi connectivity index (χ0v) is 19.0. The van der Waals surface area contributed by atoms with E-state index in [0.29, 0.717) is 16.3 Å². The summed E-state index contributed by atoms with van der Waals surface area (Å²) in [7, 11) is 0. The van der Waals surface area contributed by atoms with Crippen LogP contribution in [0.5, 0.6) is 0 Å². The Hall–Kier alpha value is -4.75. The van der Waals surface area contributed by atoms with Gasteiger partial charge in [0.2, 0.25) is 0 Å². The first kappa shape index (κ1) is 25.3. The molecule has 2 aromatic heterocycles. The molecule has 192 valence electrons. The third kappa shape index (κ3) is 4.85. The molecular formula is C23H17F4N5O5. The summed E-state index contributed by atoms with van der Waals surface area (Å²) in [5.41, 5.74) is -5.30. The van der Waals surface area contributed by atoms with E-state index in [1.165, 1.54) is 42.1 Å². The SMILES string of the molecule is CCOC(=O)c1cn(-c2ccc(-n3cn[nH]c3=O)cc2)c(=O)n(Cc2cccc(F)c2C(F)(F)F)c1=O. The van der Waals surface area contributed by atoms with Crippen molar-refractivity contribution in [2.24, 2.45) is 0 Å². The number of esters is 1. The Morgan fingerprint density at radius 1 is 1.03 bits per heavy atom. The van der Waals surface area contributed by atoms with E-state index in [9.17, 15) is 36.7 Å². The van der Waals surface area contributed by atoms with Crippen molar-refractivity contribution in [3.05, 3.63) is 109 Å². The van der Waals surface area contributed by atoms with Crippen molar-refractivity contribution < 1.29 is 27.1 Å². The van der Waals surface area contributed by atoms with Gasteiger partial charge >= 0.3 is 23.5 Å². The Bertz CT molecular complexity index is 1650. The lowest BCUT2D eigenvalue weighted by Crippen LogP contribution is -2.42. The summed E-state index contributed by atoms with van der Waals surface area (Å²) in [5.74, 6) is -2.68. The second-order valence-corrected chi connectivity index (χ2v) is 7.63. The molecule has 0 aliphatic heterocycles. The van der Waals surface area contributed by atoms with Crippen LogP contribution in [0.25, 0.3) is 11.4 Å². The Balaban J connectivity index is 1.90. The predicted octanol–water partition coefficient (Wildman–Crippen LogP) is 2.26. The lowest BCUT2D eigenvalue weighted by molar-refractivity contribution is -0.140. The summed E-state index contributed by atoms with van der Waals surface area (Å²) in [6.45, 7) is 0.388. The summed E-state index contributed by atoms with van der Waals surface area (Å²) in [4.78, 5) is 50.5. The highest BCUT2D eigenvalue weighted by Gasteiger charge is 2.37. The Kier molecular flexibility index (Phi) is 6.66. The molecule has 0 bridgehead atoms. The van der Waals surface area contributed by atoms with Gasteiger partial charge in [-0.3, -0.25) is 13.9 Å². The lowest BCUT2D eigenvalue weighted by Gasteiger charge is -2.16. The van der Waals surface area contributed by atoms with Crippen LogP contribution in [0.1, 0.15) is 28.4 Å². The number of aromatic nitrogens is 5. The van der Waals surface area contributed by atoms with Gasteiger partial charge in [0.25, 0.3) is 5.56 Å². The molecule has 2 heterocycles. The minimum absolute atomic E-state index is 0.111. The van der Waals surface area contributed by atoms with Crippen LogP contribution < -0.4 is 16.9 Å². The molecule has 2 aromatic carbocycles. The zero-order chi connectivity index (χ0) is 26.9. The molecule has 0 fully saturated rings. The number of carbonyl (C=O) groups is 1. The van der Waals surface area contributed by atoms with Crippen LogP contribution in [0.3, 0.4) is 0 Å². The summed E-state index contributed by atoms with van der Waals surface area (Å²) in [6.07, 6.45) is -2.97. The number of nitrogens with one attached hydrogen (secondary N) is 1. The maximum atomic E-state index is 14.1. The molecule has 0 atom stereocenters. The van der Waals surface area contributed by atoms with Crippen LogP contribution >= 0.6 is 0 Å². The molecule has 0 amide bonds. The molecule has 37 heavy (non-hydrogen) atoms. The number of alkyl halides is 3. The zero-order valence-electron chi connectivity index (χ0n) is 19.0. The number of nitrogens with zero attached hydrogens (tertiary/aromatic N) is 4. The number of benzene rings is 2. The number of hydrogen-bond acceptors (Lipinski definition) is 6. The smallest absolute Gasteiger partial charge is 0.419 e. The van der Waals surface area contributed by atoms with E-state index in [-0.39, 0.29) is 12.3 Å². The first-order chi connectivity index (χ1) is 17.5. The molecule has 0 radical (unpaired) electrons. The number of hydrogen-bond donors (Lipinski definition) is 1. The minimum Gasteiger partial charge on any atom is -0.462 e. The van der Waals surface area contributed by atoms with Gasteiger partial charge in [-0.05, 0) is 42.8 Å². The van der Waals surface area contributed by atoms with Gasteiger partial charge in [-0.1, -0.05) is 12.1 Å². The van der Waals surface area contributed by atoms with Gasteiger partial charge in [0.15, 0.2) is 0 Å². The monoisotopic (exact) mass is 519 g/mol. The lowest BCUT2D eigenvalue weighted by atomic mass is 10.1. The summed E-state index contributed by atoms with van der Waals surface area (Å²) in [6, 6.07) is 8.17. The number of aromatic amines is 1. The van der Waals surface area contributed by atoms with Crippen molar-refractivity contribution in [3.63, 3.8) is 0 Å². The third-order valence-corrected chi connectivity index (χ3v) is 5.34. The third-order valence-electron chi connectivity index (χ3n) is 5.34. The molecule has 0 unspecified atom stereocenters. The van der Waals surface area contributed by atoms with Crippen LogP contribution in [-0.4, -0.2) is 36.5 Å². The van der Waals surface area contributed by atoms with E-state index < -0.39 is 58.1 Å². The Labute approximate surface area is 204 Å². The topological polar surface area (TPSA) is 121 Å². The van der Waals surface area contributed by atoms with E-state index in [0.717, 1.165) is 22.9 Å². The average Bonchev–Trinajstić information content (AvgIpc) is 3.27. The Morgan fingerprint density at radius 3 is 2.24 bits per heavy atom. The quantitative estimate of drug-likeness (QED) is 0.308. The fourth-order valence-electron chi connectivity index (χ4n) is 3.67. The van der Waals surface area contributed by atoms with Gasteiger partial charge in [0.1, 0.15) is 17.7 Å². The molecular weight excluding hydrogens is 502 g/mol. The normalized spacial score (nSPS) is 11.5. The van der Waals surface area contributed by atoms with Gasteiger partial charge < -0.3 is 4.74 Å². The van der Waals surface area contributed by atoms with Crippen molar-refractivity contribution >= 4 is 5.97 Å². The van der Waals surface area contributed by atoms with E-state index in [1.807, 2.05) is 0 Å². The van der Waals surface area contributed by atoms with Crippen molar-refractivity contribution in [3.8, 4) is 11.4 Å². The Morgan fingerprint density at radius 2 is 1.68 bits per heavy atom. The molecule has 0 aliphatic carbocycles. The fraction of sp³-hybridized carbons (Fsp3) is 0.174. The first-order valence-corrected chi connectivity index (χ1v) is 10.6. The number of ether oxygens (including phenoxy) is 1. The van der Waals surface area contributed by atoms with E-state index in [2.05, 4.69) is 10.2 Å². The molecule has 1 N–H and O–H groups in total. The van der Waals surface area contributed by atoms with E-state index in [4.69, 9.17) is 4.74 Å². The largest absolute Gasteiger partial charge is 0.462 e. The van der Waals surface area contributed by atoms with Crippen molar-refractivity contribution in [1.29, 1.82) is 0 Å². The van der Waals surface area contributed by atoms with Crippen LogP contribution in [0.15, 0.2) is 69.4 Å². The van der Waals surface area contributed by atoms with E-state index in [1.54, 1.807) is 0 Å². The van der Waals surface area contributed by atoms with Crippen LogP contribution in [0, 0.1) is 5.82 Å². The maximum Gasteiger partial charge on any atom is 0.419 e. The number of halogens is 4. The number of carbonyl (C=O) groups excluding carboxylic acids is 1. The van der Waals surface area contributed by atoms with Gasteiger partial charge in [-0.2, -0.15) is 18.3 Å². The van der Waals surface area contributed by atoms with Crippen molar-refractivity contribution in [2.75, 3.05) is 6.61 Å². The predicted molar refractivity (Wildman–Crippen MR) is 121 cm³/mol. The van der Waals surface area contributed by atoms with E-state index >= 15 is 0 Å². The molecule has 0 aliphatic rings. The average molecular weight is 519 g/mol. The molecule has 4 aromatic rings. The van der Waals surface area contributed by atoms with Crippen molar-refractivity contribution in [2.45, 2.75) is 19.6 Å². The fourth-order valence-corrected chi connectivity index (χ4v) is 3.67. The van der Waals surface area contributed by atoms with Crippen LogP contribution in [0.4, 0.5) is 17.6 Å². The van der Waals surface area contributed by atoms with Gasteiger partial charge in [0.05, 0.1) is 30.1 Å². The maximum absolute atomic E-state index is 14.1. The number of H-pyrrole nitrogens is 1. The van der Waals surface area contributed by atoms with Gasteiger partial charge in [-0.15, -0.1) is 0 Å². The highest BCUT2D eigenvalue weighted by atomic mass is 19.4. The van der Waals surface area contributed by atoms with Gasteiger partial charge in [-0.25, -0.2) is 28.4 Å². The second kappa shape index (κ2) is 9.72. The molecule has 4 rings (SSSR count). The first-order valence-electron chi connectivity index (χ1n) is 10.6. The molecule has 0 saturated heterocycles. The standard InChI is InChI=1S/C23H17F4N5O5/c1-2-37-20(34)16-11-30(14-6-8-15(9-7-14)32-12-28-29-21(32)35)22(36)31(19(16)33)10-13-4-3-5-17(24)18(13)23(25,26)27/h3-9,11-12H,2,10H2,1H3,(H,29,35). The number of rotatable bonds is 6. The minimum atomic E-state index is -5.11. The molecule has 10 nitrogen and oxygen atoms in total.